The topological polar surface area (TPSA) is 195 Å². The molecule has 0 heterocycles. The van der Waals surface area contributed by atoms with Gasteiger partial charge in [0, 0.05) is 67.9 Å². The molecule has 16 rings (SSSR count). The van der Waals surface area contributed by atoms with Gasteiger partial charge in [-0.1, -0.05) is 105 Å². The van der Waals surface area contributed by atoms with Gasteiger partial charge in [0.05, 0.1) is 52.9 Å². The van der Waals surface area contributed by atoms with Crippen molar-refractivity contribution in [3.63, 3.8) is 0 Å². The van der Waals surface area contributed by atoms with E-state index in [-0.39, 0.29) is 153 Å². The van der Waals surface area contributed by atoms with Crippen molar-refractivity contribution >= 4 is 20.1 Å². The number of aliphatic hydroxyl groups is 5. The van der Waals surface area contributed by atoms with E-state index in [0.717, 1.165) is 153 Å². The predicted octanol–water partition coefficient (Wildman–Crippen LogP) is 21.8. The van der Waals surface area contributed by atoms with E-state index in [1.165, 1.54) is 128 Å². The molecule has 0 bridgehead atoms. The van der Waals surface area contributed by atoms with Gasteiger partial charge in [-0.15, -0.1) is 14.2 Å². The number of methoxy groups -OCH3 is 4. The Bertz CT molecular complexity index is 3230. The van der Waals surface area contributed by atoms with Crippen LogP contribution in [-0.4, -0.2) is 137 Å². The van der Waals surface area contributed by atoms with Crippen LogP contribution in [0.3, 0.4) is 0 Å². The minimum atomic E-state index is -0.750. The third-order valence-corrected chi connectivity index (χ3v) is 39.6. The summed E-state index contributed by atoms with van der Waals surface area (Å²) in [5.41, 5.74) is 0.899. The fourth-order valence-electron chi connectivity index (χ4n) is 34.3. The summed E-state index contributed by atoms with van der Waals surface area (Å²) in [5.74, 6) is 13.0. The Labute approximate surface area is 786 Å². The van der Waals surface area contributed by atoms with Gasteiger partial charge in [0.25, 0.3) is 0 Å². The normalized spacial score (nSPS) is 47.7. The van der Waals surface area contributed by atoms with Crippen molar-refractivity contribution in [2.24, 2.45) is 150 Å². The second-order valence-corrected chi connectivity index (χ2v) is 47.0. The monoisotopic (exact) mass is 1730 g/mol. The molecular weight excluding hydrogens is 1540 g/mol. The van der Waals surface area contributed by atoms with Crippen LogP contribution in [0.1, 0.15) is 400 Å². The largest absolute Gasteiger partial charge is 1.00 e. The van der Waals surface area contributed by atoms with E-state index in [1.807, 2.05) is 63.1 Å². The van der Waals surface area contributed by atoms with Crippen LogP contribution in [0.25, 0.3) is 0 Å². The van der Waals surface area contributed by atoms with Gasteiger partial charge in [-0.2, -0.15) is 0 Å². The zero-order valence-electron chi connectivity index (χ0n) is 77.9. The van der Waals surface area contributed by atoms with Gasteiger partial charge in [-0.25, -0.2) is 0 Å². The second kappa shape index (κ2) is 42.7. The van der Waals surface area contributed by atoms with Crippen molar-refractivity contribution in [3.05, 3.63) is 11.6 Å². The fourth-order valence-corrected chi connectivity index (χ4v) is 34.3. The van der Waals surface area contributed by atoms with E-state index in [2.05, 4.69) is 88.6 Å². The number of ether oxygens (including phenoxy) is 4. The maximum atomic E-state index is 12.6. The first-order chi connectivity index (χ1) is 52.7. The van der Waals surface area contributed by atoms with Gasteiger partial charge < -0.3 is 49.6 Å². The molecule has 0 amide bonds. The molecule has 0 aromatic heterocycles. The molecule has 120 heavy (non-hydrogen) atoms. The molecule has 0 radical (unpaired) electrons. The number of carbonyl (C=O) groups excluding carboxylic acids is 2. The van der Waals surface area contributed by atoms with E-state index < -0.39 is 28.0 Å². The van der Waals surface area contributed by atoms with Crippen LogP contribution in [0, 0.1) is 150 Å². The van der Waals surface area contributed by atoms with Crippen LogP contribution in [0.4, 0.5) is 0 Å². The molecule has 0 saturated heterocycles. The van der Waals surface area contributed by atoms with E-state index in [1.54, 1.807) is 26.3 Å². The van der Waals surface area contributed by atoms with Crippen molar-refractivity contribution in [1.82, 2.24) is 0 Å². The van der Waals surface area contributed by atoms with Crippen molar-refractivity contribution in [2.45, 2.75) is 459 Å². The minimum absolute atomic E-state index is 0. The maximum Gasteiger partial charge on any atom is 1.00 e. The van der Waals surface area contributed by atoms with Crippen LogP contribution in [-0.2, 0) is 28.5 Å². The van der Waals surface area contributed by atoms with E-state index >= 15 is 0 Å². The summed E-state index contributed by atoms with van der Waals surface area (Å²) >= 11 is 0. The summed E-state index contributed by atoms with van der Waals surface area (Å²) < 4.78 is 24.1. The Morgan fingerprint density at radius 2 is 0.700 bits per heavy atom. The van der Waals surface area contributed by atoms with Crippen molar-refractivity contribution < 1.29 is 111 Å². The number of aliphatic hydroxyl groups excluding tert-OH is 1. The first-order valence-corrected chi connectivity index (χ1v) is 49.4. The van der Waals surface area contributed by atoms with Crippen LogP contribution >= 0.6 is 8.58 Å². The Morgan fingerprint density at radius 1 is 0.417 bits per heavy atom. The molecule has 0 aromatic carbocycles. The summed E-state index contributed by atoms with van der Waals surface area (Å²) in [4.78, 5) is 24.9. The third kappa shape index (κ3) is 20.6. The van der Waals surface area contributed by atoms with Crippen molar-refractivity contribution in [1.29, 1.82) is 0 Å². The standard InChI is InChI=1S/C24H42O3.C24H40O3.C24H40O2.C22H36O3.C4H9O.C2H7P.6CH4.K/c2*1-15(25)19-8-9-20-18-7-6-17-14-22(3,26)12-13-24(17,16(2)27-5)21(18)10-11-23(19,20)4;1-6-17-8-10-20-19-9-7-18-15-22(3,25)13-14-24(18,16(2)26-5)21(19)11-12-23(17,20)4;1-14(25-4)22-12-11-20(2,24)13-15(22)5-6-16-17-7-8-19(23)21(17,3)10-9-18(16)22;1-4(2,3)5;1-3-2;;;;;;;/h15-21,25-26H,6-14H2,1-5H3;16-21,26H,6-14H2,1-5H3;6,16,18-21,25H,7-15H2,1-5H3;14-18,24H,5-13H2,1-4H3;1-3H3;3H,1-2H3;6*1H4;/q;;;;-1;;;;;;;;+1/b;;17-6-;;;;;;;;;;/t15?,16?,17-,18+,19-,20+,21+,22-,23-,24-;16?,17-,18+,19-,20+,21+,22-,23-,24-;16?,18-,19+,20+,21+,22-,23-,24-;14?,15-,16+,17+,18+,20-,21+,22-;;;;;;;;;/m1111........./s1. The quantitative estimate of drug-likeness (QED) is 0.0790. The number of hydrogen-bond donors (Lipinski definition) is 5. The summed E-state index contributed by atoms with van der Waals surface area (Å²) in [6.07, 6.45) is 44.8. The first kappa shape index (κ1) is 113. The van der Waals surface area contributed by atoms with Gasteiger partial charge in [0.1, 0.15) is 11.6 Å². The molecule has 5 N–H and O–H groups in total. The number of carbonyl (C=O) groups is 2. The molecule has 0 aliphatic heterocycles. The molecule has 16 fully saturated rings. The van der Waals surface area contributed by atoms with Gasteiger partial charge >= 0.3 is 51.4 Å². The summed E-state index contributed by atoms with van der Waals surface area (Å²) in [5, 5.41) is 63.6. The van der Waals surface area contributed by atoms with E-state index in [4.69, 9.17) is 18.9 Å². The van der Waals surface area contributed by atoms with Crippen LogP contribution in [0.2, 0.25) is 0 Å². The Kier molecular flexibility index (Phi) is 40.3. The Balaban J connectivity index is 0.000000320. The number of ketones is 2. The van der Waals surface area contributed by atoms with E-state index in [0.29, 0.717) is 93.1 Å². The van der Waals surface area contributed by atoms with Gasteiger partial charge in [0.15, 0.2) is 0 Å². The molecule has 0 spiro atoms. The molecule has 5 unspecified atom stereocenters. The SMILES string of the molecule is C.C.C.C.C.C.C/C=C1/CC[C@H]2[C@@H]3CC[C@@H]4C[C@](C)(O)CC[C@]4(C(C)OC)[C@H]3CC[C@]12C.CC(C)(C)[O-].COC(C)[C@]12CC[C@@](C)(O)C[C@H]1CC[C@@H]1[C@@H]2CC[C@]2(C)C(=O)CC[C@@H]12.COC(C)[C@]12CC[C@@](C)(O)C[C@H]1CC[C@H]1[C@@H]3CC[C@H](C(C)=O)[C@@]3(C)CC[C@@H]12.COC(C)[C@]12CC[C@@](C)(O)C[C@H]1CC[C@H]1[C@@H]3CC[C@H](C(C)O)[C@@]3(C)CC[C@@H]12.CPC.[K+]. The third-order valence-electron chi connectivity index (χ3n) is 39.6. The van der Waals surface area contributed by atoms with Crippen molar-refractivity contribution in [3.8, 4) is 0 Å². The zero-order chi connectivity index (χ0) is 83.2. The maximum absolute atomic E-state index is 12.6. The molecule has 0 aromatic rings. The molecule has 16 saturated carbocycles. The average Bonchev–Trinajstić information content (AvgIpc) is 1.30. The fraction of sp³-hybridized carbons (Fsp3) is 0.962. The number of hydrogen-bond acceptors (Lipinski definition) is 12. The van der Waals surface area contributed by atoms with Gasteiger partial charge in [-0.3, -0.25) is 9.59 Å². The number of allylic oxidation sites excluding steroid dienone is 2. The second-order valence-electron chi connectivity index (χ2n) is 46.0. The van der Waals surface area contributed by atoms with Gasteiger partial charge in [0.2, 0.25) is 0 Å². The summed E-state index contributed by atoms with van der Waals surface area (Å²) in [6.45, 7) is 42.4. The van der Waals surface area contributed by atoms with Crippen LogP contribution < -0.4 is 56.5 Å². The summed E-state index contributed by atoms with van der Waals surface area (Å²) in [6, 6.07) is 0. The predicted molar refractivity (Wildman–Crippen MR) is 501 cm³/mol. The Hall–Kier alpha value is 0.746. The molecule has 12 nitrogen and oxygen atoms in total. The van der Waals surface area contributed by atoms with E-state index in [9.17, 15) is 40.2 Å². The molecule has 14 heteroatoms. The number of fused-ring (bicyclic) bond motifs is 20. The summed E-state index contributed by atoms with van der Waals surface area (Å²) in [7, 11) is 8.62. The zero-order valence-corrected chi connectivity index (χ0v) is 82.0. The number of rotatable bonds is 10. The molecule has 35 atom stereocenters. The Morgan fingerprint density at radius 3 is 1.02 bits per heavy atom. The molecule has 16 aliphatic carbocycles. The van der Waals surface area contributed by atoms with Crippen LogP contribution in [0.15, 0.2) is 11.6 Å². The van der Waals surface area contributed by atoms with Gasteiger partial charge in [-0.05, 0) is 431 Å². The van der Waals surface area contributed by atoms with Crippen LogP contribution in [0.5, 0.6) is 0 Å². The van der Waals surface area contributed by atoms with Crippen molar-refractivity contribution in [2.75, 3.05) is 41.8 Å². The molecular formula is C106H198KO12P. The first-order valence-electron chi connectivity index (χ1n) is 47.4. The average molecular weight is 1730 g/mol. The molecule has 700 valence electrons. The smallest absolute Gasteiger partial charge is 0.850 e. The molecule has 16 aliphatic rings. The minimum Gasteiger partial charge on any atom is -0.850 e. The number of Topliss-reactive ketones (excluding diaryl/α,β-unsaturated/α-hetero) is 2.